The Bertz CT molecular complexity index is 483. The molecule has 2 N–H and O–H groups in total. The van der Waals surface area contributed by atoms with Gasteiger partial charge in [0.15, 0.2) is 0 Å². The van der Waals surface area contributed by atoms with Crippen LogP contribution in [0.5, 0.6) is 5.75 Å². The molecular weight excluding hydrogens is 272 g/mol. The summed E-state index contributed by atoms with van der Waals surface area (Å²) in [6.45, 7) is 2.32. The smallest absolute Gasteiger partial charge is 0.318 e. The third kappa shape index (κ3) is 7.00. The van der Waals surface area contributed by atoms with Gasteiger partial charge in [-0.05, 0) is 30.7 Å². The largest absolute Gasteiger partial charge is 0.497 e. The van der Waals surface area contributed by atoms with Gasteiger partial charge in [0, 0.05) is 12.7 Å². The van der Waals surface area contributed by atoms with Crippen molar-refractivity contribution in [3.8, 4) is 5.75 Å². The van der Waals surface area contributed by atoms with Crippen molar-refractivity contribution in [2.24, 2.45) is 0 Å². The Hall–Kier alpha value is -2.50. The zero-order valence-corrected chi connectivity index (χ0v) is 12.2. The summed E-state index contributed by atoms with van der Waals surface area (Å²) in [5.74, 6) is 0.448. The number of benzene rings is 1. The number of methoxy groups -OCH3 is 1. The molecular formula is C15H20N2O4. The van der Waals surface area contributed by atoms with Crippen LogP contribution in [0.3, 0.4) is 0 Å². The Labute approximate surface area is 124 Å². The lowest BCUT2D eigenvalue weighted by Gasteiger charge is -2.04. The van der Waals surface area contributed by atoms with Crippen molar-refractivity contribution in [1.82, 2.24) is 10.6 Å². The Morgan fingerprint density at radius 1 is 1.24 bits per heavy atom. The fourth-order valence-corrected chi connectivity index (χ4v) is 1.49. The highest BCUT2D eigenvalue weighted by molar-refractivity contribution is 5.77. The first-order valence-corrected chi connectivity index (χ1v) is 6.66. The fraction of sp³-hybridized carbons (Fsp3) is 0.333. The Morgan fingerprint density at radius 2 is 1.95 bits per heavy atom. The number of rotatable bonds is 7. The average Bonchev–Trinajstić information content (AvgIpc) is 2.48. The molecule has 2 amide bonds. The van der Waals surface area contributed by atoms with Crippen LogP contribution >= 0.6 is 0 Å². The zero-order chi connectivity index (χ0) is 15.5. The van der Waals surface area contributed by atoms with Crippen molar-refractivity contribution in [1.29, 1.82) is 0 Å². The Morgan fingerprint density at radius 3 is 2.57 bits per heavy atom. The number of carbonyl (C=O) groups excluding carboxylic acids is 2. The summed E-state index contributed by atoms with van der Waals surface area (Å²) < 4.78 is 9.80. The van der Waals surface area contributed by atoms with Gasteiger partial charge in [-0.25, -0.2) is 4.79 Å². The van der Waals surface area contributed by atoms with E-state index in [1.807, 2.05) is 24.3 Å². The van der Waals surface area contributed by atoms with Crippen molar-refractivity contribution >= 4 is 18.1 Å². The van der Waals surface area contributed by atoms with Gasteiger partial charge in [0.1, 0.15) is 5.75 Å². The highest BCUT2D eigenvalue weighted by Gasteiger charge is 2.02. The molecule has 6 nitrogen and oxygen atoms in total. The molecule has 21 heavy (non-hydrogen) atoms. The van der Waals surface area contributed by atoms with Gasteiger partial charge in [0.2, 0.25) is 0 Å². The first-order chi connectivity index (χ1) is 10.2. The molecule has 0 saturated carbocycles. The molecule has 0 spiro atoms. The molecule has 0 radical (unpaired) electrons. The number of urea groups is 1. The second kappa shape index (κ2) is 9.41. The molecule has 114 valence electrons. The van der Waals surface area contributed by atoms with Crippen molar-refractivity contribution in [2.45, 2.75) is 13.3 Å². The molecule has 0 aliphatic heterocycles. The normalized spacial score (nSPS) is 10.2. The maximum atomic E-state index is 11.4. The maximum absolute atomic E-state index is 11.4. The number of hydrogen-bond acceptors (Lipinski definition) is 4. The van der Waals surface area contributed by atoms with Gasteiger partial charge >= 0.3 is 12.0 Å². The zero-order valence-electron chi connectivity index (χ0n) is 12.2. The van der Waals surface area contributed by atoms with Crippen molar-refractivity contribution in [3.05, 3.63) is 36.0 Å². The van der Waals surface area contributed by atoms with E-state index in [1.54, 1.807) is 20.1 Å². The van der Waals surface area contributed by atoms with E-state index in [9.17, 15) is 9.59 Å². The SMILES string of the molecule is CCOC(=O)CCNC(=O)N/C=C/c1ccc(OC)cc1. The second-order valence-corrected chi connectivity index (χ2v) is 4.06. The van der Waals surface area contributed by atoms with Crippen LogP contribution in [0.1, 0.15) is 18.9 Å². The van der Waals surface area contributed by atoms with Crippen molar-refractivity contribution in [3.63, 3.8) is 0 Å². The maximum Gasteiger partial charge on any atom is 0.318 e. The quantitative estimate of drug-likeness (QED) is 0.753. The molecule has 0 fully saturated rings. The summed E-state index contributed by atoms with van der Waals surface area (Å²) in [5.41, 5.74) is 0.933. The molecule has 1 aromatic carbocycles. The van der Waals surface area contributed by atoms with Crippen LogP contribution in [0, 0.1) is 0 Å². The second-order valence-electron chi connectivity index (χ2n) is 4.06. The van der Waals surface area contributed by atoms with E-state index in [1.165, 1.54) is 6.20 Å². The summed E-state index contributed by atoms with van der Waals surface area (Å²) in [6, 6.07) is 7.04. The number of nitrogens with one attached hydrogen (secondary N) is 2. The third-order valence-electron chi connectivity index (χ3n) is 2.53. The van der Waals surface area contributed by atoms with Gasteiger partial charge in [0.25, 0.3) is 0 Å². The van der Waals surface area contributed by atoms with Gasteiger partial charge < -0.3 is 20.1 Å². The molecule has 6 heteroatoms. The first-order valence-electron chi connectivity index (χ1n) is 6.66. The summed E-state index contributed by atoms with van der Waals surface area (Å²) >= 11 is 0. The lowest BCUT2D eigenvalue weighted by molar-refractivity contribution is -0.142. The lowest BCUT2D eigenvalue weighted by atomic mass is 10.2. The predicted octanol–water partition coefficient (Wildman–Crippen LogP) is 1.92. The minimum Gasteiger partial charge on any atom is -0.497 e. The topological polar surface area (TPSA) is 76.7 Å². The molecule has 1 rings (SSSR count). The molecule has 1 aromatic rings. The monoisotopic (exact) mass is 292 g/mol. The Balaban J connectivity index is 2.25. The number of esters is 1. The number of carbonyl (C=O) groups is 2. The molecule has 0 aliphatic rings. The summed E-state index contributed by atoms with van der Waals surface area (Å²) in [5, 5.41) is 5.11. The lowest BCUT2D eigenvalue weighted by Crippen LogP contribution is -2.33. The molecule has 0 atom stereocenters. The van der Waals surface area contributed by atoms with E-state index in [0.29, 0.717) is 6.61 Å². The standard InChI is InChI=1S/C15H20N2O4/c1-3-21-14(18)9-11-17-15(19)16-10-8-12-4-6-13(20-2)7-5-12/h4-8,10H,3,9,11H2,1-2H3,(H2,16,17,19)/b10-8+. The third-order valence-corrected chi connectivity index (χ3v) is 2.53. The van der Waals surface area contributed by atoms with Gasteiger partial charge in [-0.3, -0.25) is 4.79 Å². The van der Waals surface area contributed by atoms with Crippen LogP contribution < -0.4 is 15.4 Å². The predicted molar refractivity (Wildman–Crippen MR) is 79.8 cm³/mol. The van der Waals surface area contributed by atoms with E-state index in [2.05, 4.69) is 10.6 Å². The first kappa shape index (κ1) is 16.6. The molecule has 0 bridgehead atoms. The van der Waals surface area contributed by atoms with Gasteiger partial charge in [-0.2, -0.15) is 0 Å². The van der Waals surface area contributed by atoms with Gasteiger partial charge in [-0.1, -0.05) is 12.1 Å². The minimum absolute atomic E-state index is 0.156. The van der Waals surface area contributed by atoms with Gasteiger partial charge in [-0.15, -0.1) is 0 Å². The average molecular weight is 292 g/mol. The Kier molecular flexibility index (Phi) is 7.42. The van der Waals surface area contributed by atoms with Crippen molar-refractivity contribution < 1.29 is 19.1 Å². The van der Waals surface area contributed by atoms with E-state index in [-0.39, 0.29) is 25.0 Å². The van der Waals surface area contributed by atoms with Crippen LogP contribution in [0.2, 0.25) is 0 Å². The van der Waals surface area contributed by atoms with E-state index in [4.69, 9.17) is 9.47 Å². The van der Waals surface area contributed by atoms with Crippen LogP contribution in [-0.2, 0) is 9.53 Å². The van der Waals surface area contributed by atoms with E-state index >= 15 is 0 Å². The summed E-state index contributed by atoms with van der Waals surface area (Å²) in [4.78, 5) is 22.5. The van der Waals surface area contributed by atoms with Crippen LogP contribution in [-0.4, -0.2) is 32.3 Å². The van der Waals surface area contributed by atoms with Crippen molar-refractivity contribution in [2.75, 3.05) is 20.3 Å². The molecule has 0 heterocycles. The minimum atomic E-state index is -0.371. The van der Waals surface area contributed by atoms with Crippen LogP contribution in [0.25, 0.3) is 6.08 Å². The van der Waals surface area contributed by atoms with Gasteiger partial charge in [0.05, 0.1) is 20.1 Å². The number of amides is 2. The molecule has 0 aromatic heterocycles. The summed E-state index contributed by atoms with van der Waals surface area (Å²) in [7, 11) is 1.60. The fourth-order valence-electron chi connectivity index (χ4n) is 1.49. The highest BCUT2D eigenvalue weighted by atomic mass is 16.5. The van der Waals surface area contributed by atoms with Crippen LogP contribution in [0.15, 0.2) is 30.5 Å². The molecule has 0 unspecified atom stereocenters. The van der Waals surface area contributed by atoms with E-state index in [0.717, 1.165) is 11.3 Å². The highest BCUT2D eigenvalue weighted by Crippen LogP contribution is 2.11. The molecule has 0 aliphatic carbocycles. The van der Waals surface area contributed by atoms with E-state index < -0.39 is 0 Å². The number of hydrogen-bond donors (Lipinski definition) is 2. The van der Waals surface area contributed by atoms with Crippen LogP contribution in [0.4, 0.5) is 4.79 Å². The molecule has 0 saturated heterocycles. The number of ether oxygens (including phenoxy) is 2. The summed E-state index contributed by atoms with van der Waals surface area (Å²) in [6.07, 6.45) is 3.44.